The van der Waals surface area contributed by atoms with Crippen molar-refractivity contribution in [1.29, 1.82) is 0 Å². The molecule has 2 aliphatic rings. The van der Waals surface area contributed by atoms with E-state index < -0.39 is 0 Å². The molecule has 0 N–H and O–H groups in total. The van der Waals surface area contributed by atoms with E-state index in [-0.39, 0.29) is 11.2 Å². The third-order valence-electron chi connectivity index (χ3n) is 3.44. The van der Waals surface area contributed by atoms with E-state index in [4.69, 9.17) is 0 Å². The first-order valence-electron chi connectivity index (χ1n) is 5.36. The highest BCUT2D eigenvalue weighted by atomic mass is 16.1. The van der Waals surface area contributed by atoms with Crippen molar-refractivity contribution in [3.63, 3.8) is 0 Å². The van der Waals surface area contributed by atoms with Crippen molar-refractivity contribution in [1.82, 2.24) is 0 Å². The van der Waals surface area contributed by atoms with Crippen molar-refractivity contribution in [2.24, 2.45) is 5.41 Å². The second kappa shape index (κ2) is 3.34. The molecule has 14 heavy (non-hydrogen) atoms. The molecule has 0 radical (unpaired) electrons. The summed E-state index contributed by atoms with van der Waals surface area (Å²) in [5, 5.41) is 0. The molecule has 1 saturated carbocycles. The average Bonchev–Trinajstić information content (AvgIpc) is 2.08. The molecule has 1 spiro atoms. The van der Waals surface area contributed by atoms with Crippen LogP contribution in [0.15, 0.2) is 11.6 Å². The maximum absolute atomic E-state index is 11.9. The van der Waals surface area contributed by atoms with Crippen LogP contribution in [0.4, 0.5) is 0 Å². The Bertz CT molecular complexity index is 314. The molecule has 0 heterocycles. The van der Waals surface area contributed by atoms with E-state index in [9.17, 15) is 9.59 Å². The number of hydrogen-bond donors (Lipinski definition) is 0. The molecule has 0 aromatic rings. The maximum atomic E-state index is 11.9. The SMILES string of the molecule is CC1=CC(=O)CC2(CCCCC2=O)C1. The summed E-state index contributed by atoms with van der Waals surface area (Å²) in [6.45, 7) is 1.96. The molecular formula is C12H16O2. The summed E-state index contributed by atoms with van der Waals surface area (Å²) in [6.07, 6.45) is 6.70. The standard InChI is InChI=1S/C12H16O2/c1-9-6-10(13)8-12(7-9)5-3-2-4-11(12)14/h6H,2-5,7-8H2,1H3. The van der Waals surface area contributed by atoms with Gasteiger partial charge in [0.05, 0.1) is 0 Å². The summed E-state index contributed by atoms with van der Waals surface area (Å²) < 4.78 is 0. The average molecular weight is 192 g/mol. The molecule has 1 unspecified atom stereocenters. The maximum Gasteiger partial charge on any atom is 0.156 e. The van der Waals surface area contributed by atoms with E-state index in [1.165, 1.54) is 0 Å². The van der Waals surface area contributed by atoms with Gasteiger partial charge < -0.3 is 0 Å². The van der Waals surface area contributed by atoms with E-state index in [0.29, 0.717) is 18.6 Å². The first-order valence-corrected chi connectivity index (χ1v) is 5.36. The topological polar surface area (TPSA) is 34.1 Å². The lowest BCUT2D eigenvalue weighted by Crippen LogP contribution is -2.38. The zero-order valence-electron chi connectivity index (χ0n) is 8.64. The zero-order chi connectivity index (χ0) is 10.2. The van der Waals surface area contributed by atoms with E-state index in [0.717, 1.165) is 31.3 Å². The van der Waals surface area contributed by atoms with Gasteiger partial charge in [0.2, 0.25) is 0 Å². The molecule has 0 aromatic carbocycles. The number of Topliss-reactive ketones (excluding diaryl/α,β-unsaturated/α-hetero) is 1. The van der Waals surface area contributed by atoms with Crippen LogP contribution in [-0.2, 0) is 9.59 Å². The number of carbonyl (C=O) groups excluding carboxylic acids is 2. The minimum atomic E-state index is -0.297. The smallest absolute Gasteiger partial charge is 0.156 e. The number of carbonyl (C=O) groups is 2. The van der Waals surface area contributed by atoms with Crippen LogP contribution in [0.25, 0.3) is 0 Å². The van der Waals surface area contributed by atoms with Gasteiger partial charge in [-0.2, -0.15) is 0 Å². The lowest BCUT2D eigenvalue weighted by molar-refractivity contribution is -0.136. The lowest BCUT2D eigenvalue weighted by atomic mass is 9.64. The molecule has 0 bridgehead atoms. The predicted molar refractivity (Wildman–Crippen MR) is 53.9 cm³/mol. The van der Waals surface area contributed by atoms with Crippen LogP contribution in [0, 0.1) is 5.41 Å². The van der Waals surface area contributed by atoms with Gasteiger partial charge in [0, 0.05) is 18.3 Å². The Morgan fingerprint density at radius 2 is 2.00 bits per heavy atom. The van der Waals surface area contributed by atoms with Crippen molar-refractivity contribution in [3.05, 3.63) is 11.6 Å². The first-order chi connectivity index (χ1) is 6.62. The summed E-state index contributed by atoms with van der Waals surface area (Å²) in [5.41, 5.74) is 0.783. The Balaban J connectivity index is 2.27. The second-order valence-electron chi connectivity index (χ2n) is 4.72. The molecule has 0 amide bonds. The van der Waals surface area contributed by atoms with Crippen molar-refractivity contribution < 1.29 is 9.59 Å². The minimum Gasteiger partial charge on any atom is -0.299 e. The number of allylic oxidation sites excluding steroid dienone is 2. The number of rotatable bonds is 0. The normalized spacial score (nSPS) is 33.4. The molecule has 2 aliphatic carbocycles. The summed E-state index contributed by atoms with van der Waals surface area (Å²) >= 11 is 0. The van der Waals surface area contributed by atoms with Crippen molar-refractivity contribution in [2.45, 2.75) is 45.4 Å². The third-order valence-corrected chi connectivity index (χ3v) is 3.44. The zero-order valence-corrected chi connectivity index (χ0v) is 8.64. The summed E-state index contributed by atoms with van der Waals surface area (Å²) in [4.78, 5) is 23.3. The molecule has 2 rings (SSSR count). The van der Waals surface area contributed by atoms with Crippen LogP contribution in [-0.4, -0.2) is 11.6 Å². The summed E-state index contributed by atoms with van der Waals surface area (Å²) in [6, 6.07) is 0. The van der Waals surface area contributed by atoms with E-state index in [1.807, 2.05) is 6.92 Å². The number of hydrogen-bond acceptors (Lipinski definition) is 2. The van der Waals surface area contributed by atoms with Gasteiger partial charge in [-0.1, -0.05) is 12.0 Å². The predicted octanol–water partition coefficient (Wildman–Crippen LogP) is 2.43. The van der Waals surface area contributed by atoms with Crippen LogP contribution < -0.4 is 0 Å². The molecule has 2 heteroatoms. The Hall–Kier alpha value is -0.920. The molecule has 0 saturated heterocycles. The van der Waals surface area contributed by atoms with Gasteiger partial charge in [-0.15, -0.1) is 0 Å². The Morgan fingerprint density at radius 3 is 2.64 bits per heavy atom. The van der Waals surface area contributed by atoms with Crippen LogP contribution in [0.5, 0.6) is 0 Å². The minimum absolute atomic E-state index is 0.143. The van der Waals surface area contributed by atoms with Crippen molar-refractivity contribution >= 4 is 11.6 Å². The quantitative estimate of drug-likeness (QED) is 0.590. The van der Waals surface area contributed by atoms with Crippen LogP contribution in [0.2, 0.25) is 0 Å². The summed E-state index contributed by atoms with van der Waals surface area (Å²) in [7, 11) is 0. The van der Waals surface area contributed by atoms with Crippen LogP contribution in [0.1, 0.15) is 45.4 Å². The van der Waals surface area contributed by atoms with Crippen LogP contribution in [0.3, 0.4) is 0 Å². The number of ketones is 2. The van der Waals surface area contributed by atoms with Crippen molar-refractivity contribution in [2.75, 3.05) is 0 Å². The van der Waals surface area contributed by atoms with Gasteiger partial charge >= 0.3 is 0 Å². The van der Waals surface area contributed by atoms with Gasteiger partial charge in [-0.25, -0.2) is 0 Å². The molecule has 1 atom stereocenters. The first kappa shape index (κ1) is 9.63. The third kappa shape index (κ3) is 1.54. The van der Waals surface area contributed by atoms with E-state index in [1.54, 1.807) is 6.08 Å². The van der Waals surface area contributed by atoms with Gasteiger partial charge in [-0.05, 0) is 32.3 Å². The highest BCUT2D eigenvalue weighted by Gasteiger charge is 2.42. The van der Waals surface area contributed by atoms with Gasteiger partial charge in [0.25, 0.3) is 0 Å². The highest BCUT2D eigenvalue weighted by Crippen LogP contribution is 2.43. The largest absolute Gasteiger partial charge is 0.299 e. The Labute approximate surface area is 84.4 Å². The molecule has 1 fully saturated rings. The van der Waals surface area contributed by atoms with E-state index in [2.05, 4.69) is 0 Å². The molecule has 0 aliphatic heterocycles. The van der Waals surface area contributed by atoms with Gasteiger partial charge in [0.15, 0.2) is 5.78 Å². The van der Waals surface area contributed by atoms with E-state index >= 15 is 0 Å². The highest BCUT2D eigenvalue weighted by molar-refractivity contribution is 5.98. The monoisotopic (exact) mass is 192 g/mol. The fraction of sp³-hybridized carbons (Fsp3) is 0.667. The fourth-order valence-corrected chi connectivity index (χ4v) is 2.83. The Morgan fingerprint density at radius 1 is 1.21 bits per heavy atom. The van der Waals surface area contributed by atoms with Crippen molar-refractivity contribution in [3.8, 4) is 0 Å². The van der Waals surface area contributed by atoms with Gasteiger partial charge in [-0.3, -0.25) is 9.59 Å². The fourth-order valence-electron chi connectivity index (χ4n) is 2.83. The molecule has 76 valence electrons. The van der Waals surface area contributed by atoms with Gasteiger partial charge in [0.1, 0.15) is 5.78 Å². The molecule has 2 nitrogen and oxygen atoms in total. The summed E-state index contributed by atoms with van der Waals surface area (Å²) in [5.74, 6) is 0.466. The Kier molecular flexibility index (Phi) is 2.30. The van der Waals surface area contributed by atoms with Crippen LogP contribution >= 0.6 is 0 Å². The molecular weight excluding hydrogens is 176 g/mol. The lowest BCUT2D eigenvalue weighted by Gasteiger charge is -2.37. The molecule has 0 aromatic heterocycles. The second-order valence-corrected chi connectivity index (χ2v) is 4.72.